The molecule has 3 atom stereocenters. The molecule has 2 saturated heterocycles. The predicted molar refractivity (Wildman–Crippen MR) is 77.3 cm³/mol. The molecule has 2 aliphatic rings. The van der Waals surface area contributed by atoms with E-state index in [1.807, 2.05) is 24.3 Å². The topological polar surface area (TPSA) is 44.4 Å². The van der Waals surface area contributed by atoms with E-state index in [9.17, 15) is 4.79 Å². The average molecular weight is 259 g/mol. The predicted octanol–water partition coefficient (Wildman–Crippen LogP) is 2.15. The summed E-state index contributed by atoms with van der Waals surface area (Å²) in [6.07, 6.45) is 2.56. The van der Waals surface area contributed by atoms with Crippen LogP contribution >= 0.6 is 0 Å². The highest BCUT2D eigenvalue weighted by Crippen LogP contribution is 2.29. The van der Waals surface area contributed by atoms with Crippen molar-refractivity contribution in [1.29, 1.82) is 0 Å². The summed E-state index contributed by atoms with van der Waals surface area (Å²) in [4.78, 5) is 13.5. The molecule has 1 amide bonds. The second kappa shape index (κ2) is 5.21. The fraction of sp³-hybridized carbons (Fsp3) is 0.533. The lowest BCUT2D eigenvalue weighted by Crippen LogP contribution is -2.39. The van der Waals surface area contributed by atoms with Gasteiger partial charge in [0, 0.05) is 37.4 Å². The van der Waals surface area contributed by atoms with Gasteiger partial charge in [0.25, 0.3) is 0 Å². The molecule has 2 N–H and O–H groups in total. The third-order valence-electron chi connectivity index (χ3n) is 4.19. The Hall–Kier alpha value is -1.55. The molecule has 2 heterocycles. The van der Waals surface area contributed by atoms with E-state index in [-0.39, 0.29) is 5.91 Å². The number of hydrogen-bond donors (Lipinski definition) is 2. The van der Waals surface area contributed by atoms with Crippen LogP contribution in [0.25, 0.3) is 0 Å². The van der Waals surface area contributed by atoms with E-state index in [2.05, 4.69) is 15.5 Å². The van der Waals surface area contributed by atoms with Crippen LogP contribution in [-0.4, -0.2) is 36.5 Å². The van der Waals surface area contributed by atoms with Gasteiger partial charge >= 0.3 is 0 Å². The van der Waals surface area contributed by atoms with E-state index in [0.717, 1.165) is 17.3 Å². The van der Waals surface area contributed by atoms with Gasteiger partial charge in [-0.25, -0.2) is 0 Å². The van der Waals surface area contributed by atoms with Crippen LogP contribution in [0.3, 0.4) is 0 Å². The first-order valence-electron chi connectivity index (χ1n) is 7.07. The van der Waals surface area contributed by atoms with Crippen molar-refractivity contribution in [3.05, 3.63) is 24.3 Å². The fourth-order valence-electron chi connectivity index (χ4n) is 3.21. The molecule has 4 nitrogen and oxygen atoms in total. The molecule has 0 spiro atoms. The Morgan fingerprint density at radius 3 is 2.58 bits per heavy atom. The number of rotatable bonds is 3. The van der Waals surface area contributed by atoms with Gasteiger partial charge < -0.3 is 15.5 Å². The van der Waals surface area contributed by atoms with E-state index in [4.69, 9.17) is 0 Å². The molecule has 2 fully saturated rings. The first-order valence-corrected chi connectivity index (χ1v) is 7.07. The zero-order valence-electron chi connectivity index (χ0n) is 11.4. The van der Waals surface area contributed by atoms with Crippen LogP contribution in [0, 0.1) is 5.92 Å². The van der Waals surface area contributed by atoms with Gasteiger partial charge in [-0.15, -0.1) is 0 Å². The molecule has 3 rings (SSSR count). The number of piperidine rings is 1. The smallest absolute Gasteiger partial charge is 0.221 e. The number of anilines is 2. The summed E-state index contributed by atoms with van der Waals surface area (Å²) in [5.41, 5.74) is 2.01. The number of fused-ring (bicyclic) bond motifs is 2. The first kappa shape index (κ1) is 12.5. The second-order valence-corrected chi connectivity index (χ2v) is 5.65. The molecule has 0 aromatic heterocycles. The van der Waals surface area contributed by atoms with Crippen LogP contribution in [0.4, 0.5) is 11.4 Å². The van der Waals surface area contributed by atoms with Crippen LogP contribution in [0.15, 0.2) is 24.3 Å². The van der Waals surface area contributed by atoms with Crippen molar-refractivity contribution in [1.82, 2.24) is 4.90 Å². The highest BCUT2D eigenvalue weighted by Gasteiger charge is 2.33. The third-order valence-corrected chi connectivity index (χ3v) is 4.19. The number of carbonyl (C=O) groups is 1. The van der Waals surface area contributed by atoms with Crippen LogP contribution < -0.4 is 10.6 Å². The Bertz CT molecular complexity index is 457. The van der Waals surface area contributed by atoms with Crippen molar-refractivity contribution >= 4 is 17.3 Å². The number of nitrogens with one attached hydrogen (secondary N) is 2. The molecule has 0 aliphatic carbocycles. The Morgan fingerprint density at radius 2 is 1.84 bits per heavy atom. The van der Waals surface area contributed by atoms with Gasteiger partial charge in [0.1, 0.15) is 0 Å². The Kier molecular flexibility index (Phi) is 3.42. The number of benzene rings is 1. The number of amides is 1. The Balaban J connectivity index is 1.61. The minimum atomic E-state index is -0.0287. The van der Waals surface area contributed by atoms with Gasteiger partial charge in [0.2, 0.25) is 5.91 Å². The molecule has 3 unspecified atom stereocenters. The fourth-order valence-corrected chi connectivity index (χ4v) is 3.21. The molecule has 4 heteroatoms. The molecular formula is C15H21N3O. The summed E-state index contributed by atoms with van der Waals surface area (Å²) in [6, 6.07) is 8.60. The molecule has 19 heavy (non-hydrogen) atoms. The molecule has 2 aliphatic heterocycles. The molecule has 1 aromatic rings. The van der Waals surface area contributed by atoms with Gasteiger partial charge in [-0.1, -0.05) is 0 Å². The summed E-state index contributed by atoms with van der Waals surface area (Å²) in [5.74, 6) is 0.766. The second-order valence-electron chi connectivity index (χ2n) is 5.65. The highest BCUT2D eigenvalue weighted by atomic mass is 16.1. The maximum absolute atomic E-state index is 11.0. The Labute approximate surface area is 114 Å². The standard InChI is InChI=1S/C15H21N3O/c1-11(19)16-13-2-4-14(5-3-13)17-15-7-9-18-8-6-12(15)10-18/h2-5,12,15,17H,6-10H2,1H3,(H,16,19). The number of carbonyl (C=O) groups excluding carboxylic acids is 1. The molecular weight excluding hydrogens is 238 g/mol. The minimum absolute atomic E-state index is 0.0287. The van der Waals surface area contributed by atoms with Gasteiger partial charge in [-0.3, -0.25) is 4.79 Å². The lowest BCUT2D eigenvalue weighted by atomic mass is 9.94. The monoisotopic (exact) mass is 259 g/mol. The summed E-state index contributed by atoms with van der Waals surface area (Å²) in [7, 11) is 0. The van der Waals surface area contributed by atoms with Crippen LogP contribution in [-0.2, 0) is 4.79 Å². The van der Waals surface area contributed by atoms with Gasteiger partial charge in [0.05, 0.1) is 0 Å². The minimum Gasteiger partial charge on any atom is -0.382 e. The summed E-state index contributed by atoms with van der Waals surface area (Å²) in [6.45, 7) is 5.27. The quantitative estimate of drug-likeness (QED) is 0.874. The van der Waals surface area contributed by atoms with E-state index in [1.54, 1.807) is 0 Å². The van der Waals surface area contributed by atoms with E-state index < -0.39 is 0 Å². The van der Waals surface area contributed by atoms with Crippen molar-refractivity contribution in [2.45, 2.75) is 25.8 Å². The van der Waals surface area contributed by atoms with Gasteiger partial charge in [-0.05, 0) is 49.6 Å². The van der Waals surface area contributed by atoms with Crippen LogP contribution in [0.2, 0.25) is 0 Å². The van der Waals surface area contributed by atoms with Crippen molar-refractivity contribution in [3.8, 4) is 0 Å². The average Bonchev–Trinajstić information content (AvgIpc) is 2.77. The molecule has 0 radical (unpaired) electrons. The van der Waals surface area contributed by atoms with Crippen LogP contribution in [0.5, 0.6) is 0 Å². The zero-order chi connectivity index (χ0) is 13.2. The molecule has 2 bridgehead atoms. The zero-order valence-corrected chi connectivity index (χ0v) is 11.4. The van der Waals surface area contributed by atoms with Gasteiger partial charge in [0.15, 0.2) is 0 Å². The third kappa shape index (κ3) is 2.89. The Morgan fingerprint density at radius 1 is 1.16 bits per heavy atom. The summed E-state index contributed by atoms with van der Waals surface area (Å²) >= 11 is 0. The largest absolute Gasteiger partial charge is 0.382 e. The van der Waals surface area contributed by atoms with E-state index in [1.165, 1.54) is 39.4 Å². The lowest BCUT2D eigenvalue weighted by molar-refractivity contribution is -0.114. The maximum atomic E-state index is 11.0. The molecule has 102 valence electrons. The van der Waals surface area contributed by atoms with Gasteiger partial charge in [-0.2, -0.15) is 0 Å². The SMILES string of the molecule is CC(=O)Nc1ccc(NC2CCN3CCC2C3)cc1. The van der Waals surface area contributed by atoms with Crippen molar-refractivity contribution < 1.29 is 4.79 Å². The summed E-state index contributed by atoms with van der Waals surface area (Å²) < 4.78 is 0. The first-order chi connectivity index (χ1) is 9.20. The lowest BCUT2D eigenvalue weighted by Gasteiger charge is -2.31. The van der Waals surface area contributed by atoms with Crippen molar-refractivity contribution in [3.63, 3.8) is 0 Å². The highest BCUT2D eigenvalue weighted by molar-refractivity contribution is 5.88. The summed E-state index contributed by atoms with van der Waals surface area (Å²) in [5, 5.41) is 6.44. The number of hydrogen-bond acceptors (Lipinski definition) is 3. The maximum Gasteiger partial charge on any atom is 0.221 e. The molecule has 0 saturated carbocycles. The molecule has 1 aromatic carbocycles. The van der Waals surface area contributed by atoms with Crippen molar-refractivity contribution in [2.75, 3.05) is 30.3 Å². The normalized spacial score (nSPS) is 29.0. The van der Waals surface area contributed by atoms with Crippen LogP contribution in [0.1, 0.15) is 19.8 Å². The number of nitrogens with zero attached hydrogens (tertiary/aromatic N) is 1. The van der Waals surface area contributed by atoms with Crippen molar-refractivity contribution in [2.24, 2.45) is 5.92 Å². The van der Waals surface area contributed by atoms with E-state index in [0.29, 0.717) is 6.04 Å². The van der Waals surface area contributed by atoms with E-state index >= 15 is 0 Å².